The van der Waals surface area contributed by atoms with Crippen LogP contribution >= 0.6 is 11.6 Å². The summed E-state index contributed by atoms with van der Waals surface area (Å²) in [6, 6.07) is 24.2. The lowest BCUT2D eigenvalue weighted by Crippen LogP contribution is -2.40. The highest BCUT2D eigenvalue weighted by Crippen LogP contribution is 2.34. The maximum absolute atomic E-state index is 13.3. The van der Waals surface area contributed by atoms with Gasteiger partial charge in [-0.25, -0.2) is 9.97 Å². The molecule has 1 aliphatic rings. The summed E-state index contributed by atoms with van der Waals surface area (Å²) < 4.78 is 28.2. The maximum atomic E-state index is 13.3. The van der Waals surface area contributed by atoms with Crippen LogP contribution in [0, 0.1) is 6.92 Å². The molecule has 166 valence electrons. The molecule has 0 fully saturated rings. The second-order valence-corrected chi connectivity index (χ2v) is 10.5. The third-order valence-electron chi connectivity index (χ3n) is 5.83. The van der Waals surface area contributed by atoms with Gasteiger partial charge in [0.2, 0.25) is 0 Å². The summed E-state index contributed by atoms with van der Waals surface area (Å²) in [6.45, 7) is 2.54. The molecule has 0 saturated carbocycles. The van der Waals surface area contributed by atoms with Crippen molar-refractivity contribution in [3.63, 3.8) is 0 Å². The van der Waals surface area contributed by atoms with Crippen LogP contribution in [0.15, 0.2) is 83.8 Å². The van der Waals surface area contributed by atoms with Crippen LogP contribution < -0.4 is 0 Å². The van der Waals surface area contributed by atoms with Gasteiger partial charge in [0, 0.05) is 28.1 Å². The molecule has 0 bridgehead atoms. The Kier molecular flexibility index (Phi) is 5.85. The van der Waals surface area contributed by atoms with Crippen LogP contribution in [0.5, 0.6) is 0 Å². The van der Waals surface area contributed by atoms with Crippen molar-refractivity contribution in [2.45, 2.75) is 24.8 Å². The van der Waals surface area contributed by atoms with E-state index in [1.165, 1.54) is 4.31 Å². The van der Waals surface area contributed by atoms with Crippen molar-refractivity contribution in [2.24, 2.45) is 0 Å². The fourth-order valence-corrected chi connectivity index (χ4v) is 5.55. The minimum Gasteiger partial charge on any atom is -0.593 e. The summed E-state index contributed by atoms with van der Waals surface area (Å²) in [5, 5.41) is 0.650. The van der Waals surface area contributed by atoms with Crippen molar-refractivity contribution in [1.82, 2.24) is 14.3 Å². The Balaban J connectivity index is 1.59. The minimum absolute atomic E-state index is 0.233. The normalized spacial score (nSPS) is 15.6. The molecular formula is C26H22ClN3O2S. The van der Waals surface area contributed by atoms with Crippen molar-refractivity contribution < 1.29 is 8.76 Å². The van der Waals surface area contributed by atoms with Crippen LogP contribution in [0.1, 0.15) is 16.8 Å². The number of aromatic nitrogens is 2. The second-order valence-electron chi connectivity index (χ2n) is 8.10. The molecule has 2 heterocycles. The molecule has 5 nitrogen and oxygen atoms in total. The highest BCUT2D eigenvalue weighted by molar-refractivity contribution is 7.95. The average molecular weight is 476 g/mol. The van der Waals surface area contributed by atoms with Gasteiger partial charge in [-0.15, -0.1) is 4.31 Å². The summed E-state index contributed by atoms with van der Waals surface area (Å²) in [7, 11) is -3.62. The summed E-state index contributed by atoms with van der Waals surface area (Å²) in [5.41, 5.74) is 5.31. The first-order chi connectivity index (χ1) is 15.9. The smallest absolute Gasteiger partial charge is 0.175 e. The molecule has 3 aromatic carbocycles. The van der Waals surface area contributed by atoms with Crippen LogP contribution in [0.2, 0.25) is 5.02 Å². The first-order valence-electron chi connectivity index (χ1n) is 10.7. The van der Waals surface area contributed by atoms with E-state index in [9.17, 15) is 8.76 Å². The van der Waals surface area contributed by atoms with Gasteiger partial charge in [-0.05, 0) is 43.3 Å². The molecular weight excluding hydrogens is 454 g/mol. The van der Waals surface area contributed by atoms with Crippen molar-refractivity contribution in [3.8, 4) is 22.6 Å². The SMILES string of the molecule is Cc1ccc([S+](=O)([O-])N2CCc3nc(-c4ccc(Cl)cc4)nc(-c4ccccc4)c3C2)cc1. The first kappa shape index (κ1) is 21.9. The Bertz CT molecular complexity index is 1340. The molecule has 33 heavy (non-hydrogen) atoms. The largest absolute Gasteiger partial charge is 0.593 e. The number of hydrogen-bond donors (Lipinski definition) is 0. The minimum atomic E-state index is -3.62. The van der Waals surface area contributed by atoms with Gasteiger partial charge in [0.1, 0.15) is 0 Å². The Morgan fingerprint density at radius 2 is 1.61 bits per heavy atom. The summed E-state index contributed by atoms with van der Waals surface area (Å²) in [5.74, 6) is 0.610. The van der Waals surface area contributed by atoms with Crippen LogP contribution in [0.3, 0.4) is 0 Å². The predicted octanol–water partition coefficient (Wildman–Crippen LogP) is 5.73. The zero-order valence-corrected chi connectivity index (χ0v) is 19.6. The number of halogens is 1. The fraction of sp³-hybridized carbons (Fsp3) is 0.154. The number of hydrogen-bond acceptors (Lipinski definition) is 4. The van der Waals surface area contributed by atoms with Crippen LogP contribution in [0.25, 0.3) is 22.6 Å². The van der Waals surface area contributed by atoms with Crippen molar-refractivity contribution in [2.75, 3.05) is 6.54 Å². The second kappa shape index (κ2) is 8.80. The van der Waals surface area contributed by atoms with Gasteiger partial charge in [-0.2, -0.15) is 0 Å². The summed E-state index contributed by atoms with van der Waals surface area (Å²) in [4.78, 5) is 10.0. The van der Waals surface area contributed by atoms with E-state index in [1.54, 1.807) is 12.1 Å². The van der Waals surface area contributed by atoms with Gasteiger partial charge in [-0.1, -0.05) is 63.8 Å². The molecule has 1 aromatic heterocycles. The van der Waals surface area contributed by atoms with Gasteiger partial charge < -0.3 is 4.55 Å². The van der Waals surface area contributed by atoms with E-state index < -0.39 is 10.4 Å². The summed E-state index contributed by atoms with van der Waals surface area (Å²) >= 11 is 6.06. The Hall–Kier alpha value is -2.90. The van der Waals surface area contributed by atoms with E-state index in [1.807, 2.05) is 73.7 Å². The molecule has 1 unspecified atom stereocenters. The van der Waals surface area contributed by atoms with E-state index in [2.05, 4.69) is 0 Å². The molecule has 0 amide bonds. The van der Waals surface area contributed by atoms with Crippen molar-refractivity contribution in [3.05, 3.63) is 101 Å². The quantitative estimate of drug-likeness (QED) is 0.353. The third-order valence-corrected chi connectivity index (χ3v) is 7.95. The third kappa shape index (κ3) is 4.35. The van der Waals surface area contributed by atoms with Crippen LogP contribution in [-0.4, -0.2) is 25.4 Å². The number of nitrogens with zero attached hydrogens (tertiary/aromatic N) is 3. The molecule has 4 aromatic rings. The van der Waals surface area contributed by atoms with E-state index >= 15 is 0 Å². The number of rotatable bonds is 4. The number of aryl methyl sites for hydroxylation is 1. The number of benzene rings is 3. The Morgan fingerprint density at radius 1 is 0.909 bits per heavy atom. The molecule has 5 rings (SSSR count). The summed E-state index contributed by atoms with van der Waals surface area (Å²) in [6.07, 6.45) is 0.517. The van der Waals surface area contributed by atoms with Gasteiger partial charge in [-0.3, -0.25) is 0 Å². The van der Waals surface area contributed by atoms with Crippen molar-refractivity contribution in [1.29, 1.82) is 0 Å². The molecule has 1 aliphatic heterocycles. The van der Waals surface area contributed by atoms with E-state index in [0.717, 1.165) is 33.6 Å². The maximum Gasteiger partial charge on any atom is 0.175 e. The monoisotopic (exact) mass is 475 g/mol. The van der Waals surface area contributed by atoms with Crippen molar-refractivity contribution >= 4 is 22.0 Å². The Labute approximate surface area is 199 Å². The van der Waals surface area contributed by atoms with Crippen LogP contribution in [0.4, 0.5) is 0 Å². The molecule has 1 atom stereocenters. The van der Waals surface area contributed by atoms with E-state index in [0.29, 0.717) is 28.7 Å². The highest BCUT2D eigenvalue weighted by Gasteiger charge is 2.35. The molecule has 7 heteroatoms. The topological polar surface area (TPSA) is 69.2 Å². The number of fused-ring (bicyclic) bond motifs is 1. The average Bonchev–Trinajstić information content (AvgIpc) is 2.84. The fourth-order valence-electron chi connectivity index (χ4n) is 4.02. The lowest BCUT2D eigenvalue weighted by molar-refractivity contribution is 0.337. The predicted molar refractivity (Wildman–Crippen MR) is 130 cm³/mol. The lowest BCUT2D eigenvalue weighted by Gasteiger charge is -2.32. The molecule has 0 N–H and O–H groups in total. The highest BCUT2D eigenvalue weighted by atomic mass is 35.5. The van der Waals surface area contributed by atoms with E-state index in [4.69, 9.17) is 21.6 Å². The molecule has 0 radical (unpaired) electrons. The molecule has 0 saturated heterocycles. The van der Waals surface area contributed by atoms with Gasteiger partial charge >= 0.3 is 0 Å². The Morgan fingerprint density at radius 3 is 2.30 bits per heavy atom. The lowest BCUT2D eigenvalue weighted by atomic mass is 9.99. The van der Waals surface area contributed by atoms with Gasteiger partial charge in [0.25, 0.3) is 0 Å². The molecule has 0 spiro atoms. The standard InChI is InChI=1S/C26H22ClN3O2S/c1-18-7-13-22(14-8-18)33(31,32)30-16-15-24-23(17-30)25(19-5-3-2-4-6-19)29-26(28-24)20-9-11-21(27)12-10-20/h2-14H,15-17H2,1H3. The van der Waals surface area contributed by atoms with Gasteiger partial charge in [0.05, 0.1) is 24.5 Å². The van der Waals surface area contributed by atoms with Crippen LogP contribution in [-0.2, 0) is 27.6 Å². The zero-order valence-electron chi connectivity index (χ0n) is 18.1. The van der Waals surface area contributed by atoms with Gasteiger partial charge in [0.15, 0.2) is 21.1 Å². The van der Waals surface area contributed by atoms with E-state index in [-0.39, 0.29) is 6.54 Å². The molecule has 0 aliphatic carbocycles. The number of sulfonamides is 1. The first-order valence-corrected chi connectivity index (χ1v) is 12.5. The zero-order chi connectivity index (χ0) is 23.0.